The standard InChI is InChI=1S/C19H16ClF.C10H9N/c1-11-3-2-4-14-13(11)7-8-16-15(14)6-5-12-9-18(20)19(21)10-17(12)16;1-2-4-10-6-8-11-7-5-9(10)3-1/h5,7-10H,2-4,6H2,1H3;1-5,7-8H,6H2. The number of nitrogens with zero attached hydrogens (tertiary/aromatic N) is 1. The summed E-state index contributed by atoms with van der Waals surface area (Å²) < 4.78 is 13.9. The molecule has 32 heavy (non-hydrogen) atoms. The van der Waals surface area contributed by atoms with E-state index < -0.39 is 0 Å². The number of halogens is 2. The second-order valence-electron chi connectivity index (χ2n) is 8.56. The monoisotopic (exact) mass is 441 g/mol. The molecule has 0 unspecified atom stereocenters. The van der Waals surface area contributed by atoms with Crippen LogP contribution in [0.4, 0.5) is 4.39 Å². The number of rotatable bonds is 0. The molecule has 0 fully saturated rings. The minimum absolute atomic E-state index is 0.204. The Hall–Kier alpha value is -2.97. The smallest absolute Gasteiger partial charge is 0.142 e. The molecule has 0 amide bonds. The number of hydrogen-bond acceptors (Lipinski definition) is 1. The summed E-state index contributed by atoms with van der Waals surface area (Å²) in [6, 6.07) is 16.0. The largest absolute Gasteiger partial charge is 0.269 e. The quantitative estimate of drug-likeness (QED) is 0.412. The fraction of sp³-hybridized carbons (Fsp3) is 0.207. The van der Waals surface area contributed by atoms with Crippen molar-refractivity contribution in [3.63, 3.8) is 0 Å². The van der Waals surface area contributed by atoms with E-state index in [9.17, 15) is 4.39 Å². The molecule has 1 heterocycles. The Morgan fingerprint density at radius 2 is 1.75 bits per heavy atom. The topological polar surface area (TPSA) is 12.4 Å². The maximum atomic E-state index is 13.9. The summed E-state index contributed by atoms with van der Waals surface area (Å²) >= 11 is 5.91. The van der Waals surface area contributed by atoms with Crippen LogP contribution in [0.15, 0.2) is 59.7 Å². The molecule has 3 aliphatic rings. The highest BCUT2D eigenvalue weighted by Crippen LogP contribution is 2.21. The Morgan fingerprint density at radius 1 is 0.906 bits per heavy atom. The van der Waals surface area contributed by atoms with Gasteiger partial charge in [-0.1, -0.05) is 59.6 Å². The summed E-state index contributed by atoms with van der Waals surface area (Å²) in [5, 5.41) is 4.81. The predicted molar refractivity (Wildman–Crippen MR) is 133 cm³/mol. The lowest BCUT2D eigenvalue weighted by molar-refractivity contribution is 0.626. The van der Waals surface area contributed by atoms with Gasteiger partial charge in [-0.05, 0) is 93.9 Å². The van der Waals surface area contributed by atoms with E-state index in [0.717, 1.165) is 29.7 Å². The zero-order valence-corrected chi connectivity index (χ0v) is 18.9. The van der Waals surface area contributed by atoms with Crippen LogP contribution in [0.2, 0.25) is 5.02 Å². The molecule has 3 heteroatoms. The van der Waals surface area contributed by atoms with Crippen LogP contribution in [-0.4, -0.2) is 6.21 Å². The van der Waals surface area contributed by atoms with Gasteiger partial charge in [0, 0.05) is 18.8 Å². The summed E-state index contributed by atoms with van der Waals surface area (Å²) in [5.74, 6) is -0.336. The van der Waals surface area contributed by atoms with Crippen molar-refractivity contribution in [1.82, 2.24) is 0 Å². The van der Waals surface area contributed by atoms with Gasteiger partial charge < -0.3 is 0 Å². The molecule has 2 aliphatic carbocycles. The van der Waals surface area contributed by atoms with Gasteiger partial charge in [-0.25, -0.2) is 4.39 Å². The molecular formula is C29H25ClFN. The Kier molecular flexibility index (Phi) is 5.80. The van der Waals surface area contributed by atoms with Gasteiger partial charge in [-0.3, -0.25) is 4.99 Å². The first-order chi connectivity index (χ1) is 15.6. The number of fused-ring (bicyclic) bond motifs is 5. The van der Waals surface area contributed by atoms with Crippen LogP contribution < -0.4 is 10.4 Å². The average molecular weight is 442 g/mol. The van der Waals surface area contributed by atoms with E-state index in [1.54, 1.807) is 12.1 Å². The molecular weight excluding hydrogens is 417 g/mol. The van der Waals surface area contributed by atoms with Crippen molar-refractivity contribution in [2.24, 2.45) is 4.99 Å². The molecule has 1 aliphatic heterocycles. The Labute approximate surface area is 192 Å². The average Bonchev–Trinajstić information content (AvgIpc) is 3.06. The molecule has 1 nitrogen and oxygen atoms in total. The van der Waals surface area contributed by atoms with E-state index in [-0.39, 0.29) is 10.8 Å². The first kappa shape index (κ1) is 20.9. The molecule has 160 valence electrons. The lowest BCUT2D eigenvalue weighted by Crippen LogP contribution is -2.22. The van der Waals surface area contributed by atoms with Gasteiger partial charge in [-0.2, -0.15) is 0 Å². The summed E-state index contributed by atoms with van der Waals surface area (Å²) in [6.45, 7) is 2.23. The Balaban J connectivity index is 0.000000165. The molecule has 0 saturated carbocycles. The van der Waals surface area contributed by atoms with Gasteiger partial charge in [0.25, 0.3) is 0 Å². The first-order valence-corrected chi connectivity index (χ1v) is 11.6. The number of benzene rings is 3. The van der Waals surface area contributed by atoms with Gasteiger partial charge in [0.05, 0.1) is 5.02 Å². The van der Waals surface area contributed by atoms with Crippen LogP contribution >= 0.6 is 11.6 Å². The Morgan fingerprint density at radius 3 is 2.66 bits per heavy atom. The summed E-state index contributed by atoms with van der Waals surface area (Å²) in [6.07, 6.45) is 13.4. The van der Waals surface area contributed by atoms with Gasteiger partial charge in [0.15, 0.2) is 0 Å². The lowest BCUT2D eigenvalue weighted by Gasteiger charge is -2.19. The normalized spacial score (nSPS) is 15.3. The summed E-state index contributed by atoms with van der Waals surface area (Å²) in [7, 11) is 0. The van der Waals surface area contributed by atoms with Gasteiger partial charge in [0.2, 0.25) is 0 Å². The van der Waals surface area contributed by atoms with E-state index in [0.29, 0.717) is 0 Å². The van der Waals surface area contributed by atoms with E-state index >= 15 is 0 Å². The molecule has 0 aromatic heterocycles. The molecule has 6 rings (SSSR count). The zero-order valence-electron chi connectivity index (χ0n) is 18.2. The minimum atomic E-state index is -0.336. The highest BCUT2D eigenvalue weighted by molar-refractivity contribution is 6.30. The molecule has 3 aromatic carbocycles. The SMILES string of the molecule is C1=Cc2ccccc2CC=N1.CC1=c2ccc3c(c2CCC1)CC=c1cc(Cl)c(F)cc1=3. The first-order valence-electron chi connectivity index (χ1n) is 11.2. The van der Waals surface area contributed by atoms with Gasteiger partial charge in [0.1, 0.15) is 5.82 Å². The Bertz CT molecular complexity index is 1480. The highest BCUT2D eigenvalue weighted by Gasteiger charge is 2.14. The molecule has 0 radical (unpaired) electrons. The highest BCUT2D eigenvalue weighted by atomic mass is 35.5. The van der Waals surface area contributed by atoms with Crippen LogP contribution in [0.5, 0.6) is 0 Å². The van der Waals surface area contributed by atoms with Crippen LogP contribution in [0.3, 0.4) is 0 Å². The van der Waals surface area contributed by atoms with Crippen molar-refractivity contribution in [3.8, 4) is 0 Å². The van der Waals surface area contributed by atoms with Gasteiger partial charge >= 0.3 is 0 Å². The van der Waals surface area contributed by atoms with E-state index in [1.807, 2.05) is 18.5 Å². The molecule has 0 atom stereocenters. The van der Waals surface area contributed by atoms with Crippen molar-refractivity contribution in [3.05, 3.63) is 109 Å². The predicted octanol–water partition coefficient (Wildman–Crippen LogP) is 5.89. The maximum absolute atomic E-state index is 13.9. The second kappa shape index (κ2) is 8.88. The molecule has 0 N–H and O–H groups in total. The molecule has 0 spiro atoms. The van der Waals surface area contributed by atoms with Crippen molar-refractivity contribution in [1.29, 1.82) is 0 Å². The number of aliphatic imine (C=N–C) groups is 1. The van der Waals surface area contributed by atoms with E-state index in [2.05, 4.69) is 54.4 Å². The molecule has 3 aromatic rings. The van der Waals surface area contributed by atoms with Crippen molar-refractivity contribution in [2.75, 3.05) is 0 Å². The summed E-state index contributed by atoms with van der Waals surface area (Å²) in [5.41, 5.74) is 6.96. The van der Waals surface area contributed by atoms with Crippen LogP contribution in [-0.2, 0) is 19.3 Å². The lowest BCUT2D eigenvalue weighted by atomic mass is 9.86. The van der Waals surface area contributed by atoms with Crippen LogP contribution in [0, 0.1) is 16.3 Å². The molecule has 0 bridgehead atoms. The van der Waals surface area contributed by atoms with E-state index in [1.165, 1.54) is 51.1 Å². The van der Waals surface area contributed by atoms with E-state index in [4.69, 9.17) is 11.6 Å². The van der Waals surface area contributed by atoms with Crippen molar-refractivity contribution >= 4 is 35.5 Å². The maximum Gasteiger partial charge on any atom is 0.142 e. The van der Waals surface area contributed by atoms with Gasteiger partial charge in [-0.15, -0.1) is 0 Å². The molecule has 0 saturated heterocycles. The summed E-state index contributed by atoms with van der Waals surface area (Å²) in [4.78, 5) is 4.08. The van der Waals surface area contributed by atoms with Crippen molar-refractivity contribution in [2.45, 2.75) is 39.0 Å². The van der Waals surface area contributed by atoms with Crippen LogP contribution in [0.1, 0.15) is 42.0 Å². The zero-order chi connectivity index (χ0) is 22.1. The number of hydrogen-bond donors (Lipinski definition) is 0. The third-order valence-electron chi connectivity index (χ3n) is 6.59. The van der Waals surface area contributed by atoms with Crippen molar-refractivity contribution < 1.29 is 4.39 Å². The minimum Gasteiger partial charge on any atom is -0.269 e. The third kappa shape index (κ3) is 3.96. The van der Waals surface area contributed by atoms with Crippen LogP contribution in [0.25, 0.3) is 17.7 Å². The fourth-order valence-electron chi connectivity index (χ4n) is 4.92. The second-order valence-corrected chi connectivity index (χ2v) is 8.97. The third-order valence-corrected chi connectivity index (χ3v) is 6.88. The fourth-order valence-corrected chi connectivity index (χ4v) is 5.10.